The van der Waals surface area contributed by atoms with Crippen molar-refractivity contribution in [2.45, 2.75) is 11.8 Å². The lowest BCUT2D eigenvalue weighted by atomic mass is 9.83. The van der Waals surface area contributed by atoms with Gasteiger partial charge in [-0.25, -0.2) is 0 Å². The van der Waals surface area contributed by atoms with Crippen molar-refractivity contribution >= 4 is 0 Å². The van der Waals surface area contributed by atoms with Gasteiger partial charge in [0.25, 0.3) is 0 Å². The first kappa shape index (κ1) is 12.4. The fourth-order valence-corrected chi connectivity index (χ4v) is 3.38. The highest BCUT2D eigenvalue weighted by Gasteiger charge is 2.40. The largest absolute Gasteiger partial charge is 0.396 e. The number of hydrogen-bond donors (Lipinski definition) is 2. The standard InChI is InChI=1S/C17H18O2/c18-10-15-13-8-4-5-9-14(13)17(16(15)11-19)12-6-2-1-3-7-12/h1-9,15-19H,10-11H2. The van der Waals surface area contributed by atoms with Crippen molar-refractivity contribution in [3.63, 3.8) is 0 Å². The van der Waals surface area contributed by atoms with Crippen LogP contribution in [0.5, 0.6) is 0 Å². The van der Waals surface area contributed by atoms with E-state index < -0.39 is 0 Å². The maximum absolute atomic E-state index is 9.76. The van der Waals surface area contributed by atoms with E-state index in [1.54, 1.807) is 0 Å². The summed E-state index contributed by atoms with van der Waals surface area (Å²) < 4.78 is 0. The van der Waals surface area contributed by atoms with Gasteiger partial charge in [0.15, 0.2) is 0 Å². The Bertz CT molecular complexity index is 550. The molecule has 2 N–H and O–H groups in total. The molecule has 98 valence electrons. The molecule has 2 aromatic carbocycles. The molecule has 2 heteroatoms. The van der Waals surface area contributed by atoms with E-state index in [-0.39, 0.29) is 31.0 Å². The topological polar surface area (TPSA) is 40.5 Å². The molecule has 0 radical (unpaired) electrons. The van der Waals surface area contributed by atoms with Gasteiger partial charge in [-0.1, -0.05) is 54.6 Å². The SMILES string of the molecule is OCC1c2ccccc2C(c2ccccc2)C1CO. The normalized spacial score (nSPS) is 25.3. The van der Waals surface area contributed by atoms with E-state index in [2.05, 4.69) is 24.3 Å². The third-order valence-electron chi connectivity index (χ3n) is 4.24. The van der Waals surface area contributed by atoms with Crippen LogP contribution >= 0.6 is 0 Å². The number of fused-ring (bicyclic) bond motifs is 1. The highest BCUT2D eigenvalue weighted by atomic mass is 16.3. The van der Waals surface area contributed by atoms with Gasteiger partial charge in [0.05, 0.1) is 6.61 Å². The van der Waals surface area contributed by atoms with E-state index in [0.29, 0.717) is 0 Å². The predicted molar refractivity (Wildman–Crippen MR) is 75.1 cm³/mol. The molecule has 0 amide bonds. The fourth-order valence-electron chi connectivity index (χ4n) is 3.38. The van der Waals surface area contributed by atoms with Crippen LogP contribution in [-0.4, -0.2) is 23.4 Å². The molecule has 0 saturated carbocycles. The van der Waals surface area contributed by atoms with Gasteiger partial charge >= 0.3 is 0 Å². The summed E-state index contributed by atoms with van der Waals surface area (Å²) in [4.78, 5) is 0. The first-order valence-corrected chi connectivity index (χ1v) is 6.72. The lowest BCUT2D eigenvalue weighted by Gasteiger charge is -2.22. The van der Waals surface area contributed by atoms with Gasteiger partial charge in [-0.05, 0) is 16.7 Å². The Labute approximate surface area is 113 Å². The van der Waals surface area contributed by atoms with Gasteiger partial charge in [-0.2, -0.15) is 0 Å². The van der Waals surface area contributed by atoms with Crippen LogP contribution in [0.2, 0.25) is 0 Å². The van der Waals surface area contributed by atoms with E-state index in [0.717, 1.165) is 0 Å². The lowest BCUT2D eigenvalue weighted by molar-refractivity contribution is 0.160. The van der Waals surface area contributed by atoms with Crippen LogP contribution < -0.4 is 0 Å². The number of hydrogen-bond acceptors (Lipinski definition) is 2. The highest BCUT2D eigenvalue weighted by Crippen LogP contribution is 2.49. The quantitative estimate of drug-likeness (QED) is 0.883. The zero-order valence-electron chi connectivity index (χ0n) is 10.7. The summed E-state index contributed by atoms with van der Waals surface area (Å²) in [5.41, 5.74) is 3.63. The zero-order chi connectivity index (χ0) is 13.2. The minimum absolute atomic E-state index is 0.0337. The van der Waals surface area contributed by atoms with Crippen LogP contribution in [-0.2, 0) is 0 Å². The van der Waals surface area contributed by atoms with Crippen LogP contribution in [0.3, 0.4) is 0 Å². The maximum Gasteiger partial charge on any atom is 0.0503 e. The summed E-state index contributed by atoms with van der Waals surface area (Å²) in [6.45, 7) is 0.186. The predicted octanol–water partition coefficient (Wildman–Crippen LogP) is 2.52. The lowest BCUT2D eigenvalue weighted by Crippen LogP contribution is -2.20. The second kappa shape index (κ2) is 5.16. The molecular weight excluding hydrogens is 236 g/mol. The van der Waals surface area contributed by atoms with Gasteiger partial charge in [0, 0.05) is 24.4 Å². The van der Waals surface area contributed by atoms with Gasteiger partial charge in [0.2, 0.25) is 0 Å². The van der Waals surface area contributed by atoms with Crippen molar-refractivity contribution in [3.05, 3.63) is 71.3 Å². The minimum atomic E-state index is 0.0337. The van der Waals surface area contributed by atoms with E-state index in [1.165, 1.54) is 16.7 Å². The summed E-state index contributed by atoms with van der Waals surface area (Å²) in [7, 11) is 0. The molecule has 2 aromatic rings. The fraction of sp³-hybridized carbons (Fsp3) is 0.294. The third-order valence-corrected chi connectivity index (χ3v) is 4.24. The van der Waals surface area contributed by atoms with E-state index >= 15 is 0 Å². The molecule has 0 saturated heterocycles. The molecule has 3 atom stereocenters. The van der Waals surface area contributed by atoms with Crippen molar-refractivity contribution in [1.29, 1.82) is 0 Å². The van der Waals surface area contributed by atoms with Crippen LogP contribution in [0, 0.1) is 5.92 Å². The Hall–Kier alpha value is -1.64. The molecule has 0 spiro atoms. The third kappa shape index (κ3) is 1.97. The molecule has 0 heterocycles. The molecule has 3 rings (SSSR count). The number of aliphatic hydroxyl groups excluding tert-OH is 2. The smallest absolute Gasteiger partial charge is 0.0503 e. The van der Waals surface area contributed by atoms with Gasteiger partial charge in [-0.15, -0.1) is 0 Å². The number of rotatable bonds is 3. The average Bonchev–Trinajstić information content (AvgIpc) is 2.81. The van der Waals surface area contributed by atoms with Gasteiger partial charge in [0.1, 0.15) is 0 Å². The molecule has 0 aliphatic heterocycles. The van der Waals surface area contributed by atoms with Crippen LogP contribution in [0.25, 0.3) is 0 Å². The van der Waals surface area contributed by atoms with E-state index in [4.69, 9.17) is 0 Å². The minimum Gasteiger partial charge on any atom is -0.396 e. The molecule has 1 aliphatic carbocycles. The Kier molecular flexibility index (Phi) is 3.36. The van der Waals surface area contributed by atoms with Crippen LogP contribution in [0.4, 0.5) is 0 Å². The first-order chi connectivity index (χ1) is 9.36. The molecule has 0 fully saturated rings. The number of benzene rings is 2. The molecule has 19 heavy (non-hydrogen) atoms. The molecule has 0 aromatic heterocycles. The Morgan fingerprint density at radius 3 is 2.00 bits per heavy atom. The van der Waals surface area contributed by atoms with E-state index in [9.17, 15) is 10.2 Å². The van der Waals surface area contributed by atoms with Crippen molar-refractivity contribution in [1.82, 2.24) is 0 Å². The monoisotopic (exact) mass is 254 g/mol. The summed E-state index contributed by atoms with van der Waals surface area (Å²) in [6.07, 6.45) is 0. The Morgan fingerprint density at radius 1 is 0.737 bits per heavy atom. The molecule has 2 nitrogen and oxygen atoms in total. The summed E-state index contributed by atoms with van der Waals surface area (Å²) >= 11 is 0. The van der Waals surface area contributed by atoms with Crippen molar-refractivity contribution in [2.24, 2.45) is 5.92 Å². The molecule has 1 aliphatic rings. The Balaban J connectivity index is 2.12. The second-order valence-electron chi connectivity index (χ2n) is 5.15. The van der Waals surface area contributed by atoms with E-state index in [1.807, 2.05) is 30.3 Å². The average molecular weight is 254 g/mol. The summed E-state index contributed by atoms with van der Waals surface area (Å²) in [5.74, 6) is 0.274. The molecule has 0 bridgehead atoms. The zero-order valence-corrected chi connectivity index (χ0v) is 10.7. The highest BCUT2D eigenvalue weighted by molar-refractivity contribution is 5.46. The van der Waals surface area contributed by atoms with Crippen LogP contribution in [0.15, 0.2) is 54.6 Å². The molecular formula is C17H18O2. The van der Waals surface area contributed by atoms with Crippen LogP contribution in [0.1, 0.15) is 28.5 Å². The van der Waals surface area contributed by atoms with Crippen molar-refractivity contribution in [2.75, 3.05) is 13.2 Å². The van der Waals surface area contributed by atoms with Gasteiger partial charge in [-0.3, -0.25) is 0 Å². The Morgan fingerprint density at radius 2 is 1.37 bits per heavy atom. The van der Waals surface area contributed by atoms with Crippen molar-refractivity contribution < 1.29 is 10.2 Å². The summed E-state index contributed by atoms with van der Waals surface area (Å²) in [5, 5.41) is 19.4. The molecule has 3 unspecified atom stereocenters. The van der Waals surface area contributed by atoms with Gasteiger partial charge < -0.3 is 10.2 Å². The first-order valence-electron chi connectivity index (χ1n) is 6.72. The second-order valence-corrected chi connectivity index (χ2v) is 5.15. The summed E-state index contributed by atoms with van der Waals surface area (Å²) in [6, 6.07) is 18.5. The van der Waals surface area contributed by atoms with Crippen molar-refractivity contribution in [3.8, 4) is 0 Å². The number of aliphatic hydroxyl groups is 2. The maximum atomic E-state index is 9.76.